The van der Waals surface area contributed by atoms with Gasteiger partial charge >= 0.3 is 0 Å². The summed E-state index contributed by atoms with van der Waals surface area (Å²) in [5.74, 6) is -0.222. The Morgan fingerprint density at radius 2 is 2.00 bits per heavy atom. The molecular weight excluding hydrogens is 181 g/mol. The van der Waals surface area contributed by atoms with Gasteiger partial charge < -0.3 is 5.32 Å². The third-order valence-electron chi connectivity index (χ3n) is 1.93. The number of carbonyl (C=O) groups is 1. The second kappa shape index (κ2) is 5.37. The molecular formula is C11H14FNO. The Hall–Kier alpha value is -1.38. The third kappa shape index (κ3) is 4.03. The summed E-state index contributed by atoms with van der Waals surface area (Å²) in [6, 6.07) is 6.44. The van der Waals surface area contributed by atoms with Gasteiger partial charge in [-0.1, -0.05) is 12.1 Å². The van der Waals surface area contributed by atoms with Crippen molar-refractivity contribution in [3.63, 3.8) is 0 Å². The maximum Gasteiger partial charge on any atom is 0.216 e. The van der Waals surface area contributed by atoms with Crippen molar-refractivity contribution >= 4 is 5.91 Å². The van der Waals surface area contributed by atoms with Crippen molar-refractivity contribution < 1.29 is 9.18 Å². The van der Waals surface area contributed by atoms with Crippen LogP contribution in [0.5, 0.6) is 0 Å². The standard InChI is InChI=1S/C11H14FNO/c1-9(14)13-8-2-3-10-4-6-11(12)7-5-10/h4-7H,2-3,8H2,1H3,(H,13,14). The van der Waals surface area contributed by atoms with Crippen molar-refractivity contribution in [1.82, 2.24) is 5.32 Å². The molecule has 0 atom stereocenters. The van der Waals surface area contributed by atoms with Gasteiger partial charge in [0.1, 0.15) is 5.82 Å². The van der Waals surface area contributed by atoms with E-state index in [4.69, 9.17) is 0 Å². The number of rotatable bonds is 4. The van der Waals surface area contributed by atoms with Gasteiger partial charge in [0.2, 0.25) is 5.91 Å². The SMILES string of the molecule is CC(=O)NCCCc1ccc(F)cc1. The molecule has 1 aromatic rings. The van der Waals surface area contributed by atoms with E-state index in [1.165, 1.54) is 19.1 Å². The van der Waals surface area contributed by atoms with Gasteiger partial charge in [0.15, 0.2) is 0 Å². The van der Waals surface area contributed by atoms with Gasteiger partial charge in [0, 0.05) is 13.5 Å². The van der Waals surface area contributed by atoms with E-state index in [2.05, 4.69) is 5.32 Å². The number of hydrogen-bond donors (Lipinski definition) is 1. The molecule has 0 saturated carbocycles. The zero-order valence-electron chi connectivity index (χ0n) is 8.22. The molecule has 1 amide bonds. The van der Waals surface area contributed by atoms with Gasteiger partial charge in [-0.15, -0.1) is 0 Å². The van der Waals surface area contributed by atoms with Crippen LogP contribution >= 0.6 is 0 Å². The van der Waals surface area contributed by atoms with E-state index >= 15 is 0 Å². The summed E-state index contributed by atoms with van der Waals surface area (Å²) < 4.78 is 12.5. The van der Waals surface area contributed by atoms with Gasteiger partial charge in [-0.05, 0) is 30.5 Å². The maximum absolute atomic E-state index is 12.5. The zero-order valence-corrected chi connectivity index (χ0v) is 8.22. The Balaban J connectivity index is 2.25. The average Bonchev–Trinajstić information content (AvgIpc) is 2.15. The molecule has 0 radical (unpaired) electrons. The average molecular weight is 195 g/mol. The van der Waals surface area contributed by atoms with Crippen LogP contribution in [0.1, 0.15) is 18.9 Å². The van der Waals surface area contributed by atoms with Crippen LogP contribution in [0.2, 0.25) is 0 Å². The van der Waals surface area contributed by atoms with Crippen LogP contribution in [0.15, 0.2) is 24.3 Å². The minimum absolute atomic E-state index is 0.0101. The van der Waals surface area contributed by atoms with Crippen LogP contribution in [0.3, 0.4) is 0 Å². The van der Waals surface area contributed by atoms with Crippen LogP contribution in [0.25, 0.3) is 0 Å². The Bertz CT molecular complexity index is 295. The molecule has 1 aromatic carbocycles. The van der Waals surface area contributed by atoms with Gasteiger partial charge in [-0.3, -0.25) is 4.79 Å². The molecule has 0 saturated heterocycles. The Morgan fingerprint density at radius 3 is 2.57 bits per heavy atom. The highest BCUT2D eigenvalue weighted by atomic mass is 19.1. The minimum atomic E-state index is -0.212. The summed E-state index contributed by atoms with van der Waals surface area (Å²) in [7, 11) is 0. The van der Waals surface area contributed by atoms with Crippen LogP contribution in [-0.2, 0) is 11.2 Å². The summed E-state index contributed by atoms with van der Waals surface area (Å²) in [5, 5.41) is 2.71. The van der Waals surface area contributed by atoms with Crippen molar-refractivity contribution in [2.75, 3.05) is 6.54 Å². The molecule has 76 valence electrons. The van der Waals surface area contributed by atoms with Crippen LogP contribution in [0, 0.1) is 5.82 Å². The number of nitrogens with one attached hydrogen (secondary N) is 1. The third-order valence-corrected chi connectivity index (χ3v) is 1.93. The molecule has 0 spiro atoms. The van der Waals surface area contributed by atoms with Gasteiger partial charge in [-0.25, -0.2) is 4.39 Å². The van der Waals surface area contributed by atoms with E-state index in [0.29, 0.717) is 6.54 Å². The quantitative estimate of drug-likeness (QED) is 0.730. The van der Waals surface area contributed by atoms with Crippen molar-refractivity contribution in [2.24, 2.45) is 0 Å². The normalized spacial score (nSPS) is 9.86. The molecule has 0 aliphatic rings. The first-order valence-corrected chi connectivity index (χ1v) is 4.67. The highest BCUT2D eigenvalue weighted by molar-refractivity contribution is 5.72. The first-order valence-electron chi connectivity index (χ1n) is 4.67. The van der Waals surface area contributed by atoms with Gasteiger partial charge in [0.25, 0.3) is 0 Å². The second-order valence-electron chi connectivity index (χ2n) is 3.21. The lowest BCUT2D eigenvalue weighted by molar-refractivity contribution is -0.118. The second-order valence-corrected chi connectivity index (χ2v) is 3.21. The fourth-order valence-electron chi connectivity index (χ4n) is 1.21. The summed E-state index contributed by atoms with van der Waals surface area (Å²) >= 11 is 0. The number of carbonyl (C=O) groups excluding carboxylic acids is 1. The molecule has 1 rings (SSSR count). The number of benzene rings is 1. The van der Waals surface area contributed by atoms with Crippen molar-refractivity contribution in [1.29, 1.82) is 0 Å². The zero-order chi connectivity index (χ0) is 10.4. The topological polar surface area (TPSA) is 29.1 Å². The van der Waals surface area contributed by atoms with Crippen LogP contribution < -0.4 is 5.32 Å². The smallest absolute Gasteiger partial charge is 0.216 e. The van der Waals surface area contributed by atoms with E-state index in [0.717, 1.165) is 18.4 Å². The van der Waals surface area contributed by atoms with E-state index < -0.39 is 0 Å². The summed E-state index contributed by atoms with van der Waals surface area (Å²) in [5.41, 5.74) is 1.09. The molecule has 0 heterocycles. The van der Waals surface area contributed by atoms with Crippen molar-refractivity contribution in [3.8, 4) is 0 Å². The number of aryl methyl sites for hydroxylation is 1. The minimum Gasteiger partial charge on any atom is -0.356 e. The Labute approximate surface area is 83.1 Å². The van der Waals surface area contributed by atoms with Crippen molar-refractivity contribution in [2.45, 2.75) is 19.8 Å². The lowest BCUT2D eigenvalue weighted by atomic mass is 10.1. The van der Waals surface area contributed by atoms with E-state index in [1.807, 2.05) is 0 Å². The van der Waals surface area contributed by atoms with Gasteiger partial charge in [-0.2, -0.15) is 0 Å². The molecule has 0 bridgehead atoms. The maximum atomic E-state index is 12.5. The Morgan fingerprint density at radius 1 is 1.36 bits per heavy atom. The molecule has 0 aliphatic carbocycles. The monoisotopic (exact) mass is 195 g/mol. The largest absolute Gasteiger partial charge is 0.356 e. The predicted octanol–water partition coefficient (Wildman–Crippen LogP) is 1.89. The Kier molecular flexibility index (Phi) is 4.11. The predicted molar refractivity (Wildman–Crippen MR) is 53.4 cm³/mol. The summed E-state index contributed by atoms with van der Waals surface area (Å²) in [6.45, 7) is 2.17. The molecule has 14 heavy (non-hydrogen) atoms. The van der Waals surface area contributed by atoms with Crippen LogP contribution in [-0.4, -0.2) is 12.5 Å². The molecule has 0 aliphatic heterocycles. The van der Waals surface area contributed by atoms with E-state index in [-0.39, 0.29) is 11.7 Å². The highest BCUT2D eigenvalue weighted by Crippen LogP contribution is 2.04. The van der Waals surface area contributed by atoms with E-state index in [1.54, 1.807) is 12.1 Å². The fourth-order valence-corrected chi connectivity index (χ4v) is 1.21. The van der Waals surface area contributed by atoms with Gasteiger partial charge in [0.05, 0.1) is 0 Å². The lowest BCUT2D eigenvalue weighted by Gasteiger charge is -2.02. The molecule has 0 aromatic heterocycles. The highest BCUT2D eigenvalue weighted by Gasteiger charge is 1.95. The first-order chi connectivity index (χ1) is 6.68. The summed E-state index contributed by atoms with van der Waals surface area (Å²) in [6.07, 6.45) is 1.74. The number of halogens is 1. The van der Waals surface area contributed by atoms with E-state index in [9.17, 15) is 9.18 Å². The first kappa shape index (κ1) is 10.7. The molecule has 0 unspecified atom stereocenters. The van der Waals surface area contributed by atoms with Crippen LogP contribution in [0.4, 0.5) is 4.39 Å². The van der Waals surface area contributed by atoms with Crippen molar-refractivity contribution in [3.05, 3.63) is 35.6 Å². The molecule has 1 N–H and O–H groups in total. The fraction of sp³-hybridized carbons (Fsp3) is 0.364. The number of amides is 1. The lowest BCUT2D eigenvalue weighted by Crippen LogP contribution is -2.21. The molecule has 3 heteroatoms. The molecule has 0 fully saturated rings. The summed E-state index contributed by atoms with van der Waals surface area (Å²) in [4.78, 5) is 10.5. The molecule has 2 nitrogen and oxygen atoms in total. The number of hydrogen-bond acceptors (Lipinski definition) is 1.